The summed E-state index contributed by atoms with van der Waals surface area (Å²) in [4.78, 5) is 14.3. The minimum atomic E-state index is -0.747. The van der Waals surface area contributed by atoms with E-state index in [1.165, 1.54) is 4.90 Å². The molecule has 1 aromatic heterocycles. The summed E-state index contributed by atoms with van der Waals surface area (Å²) in [5.41, 5.74) is 3.54. The van der Waals surface area contributed by atoms with Crippen LogP contribution in [0.15, 0.2) is 12.1 Å². The van der Waals surface area contributed by atoms with E-state index in [2.05, 4.69) is 11.2 Å². The molecule has 0 bridgehead atoms. The lowest BCUT2D eigenvalue weighted by atomic mass is 10.1. The van der Waals surface area contributed by atoms with E-state index in [-0.39, 0.29) is 5.91 Å². The van der Waals surface area contributed by atoms with Crippen LogP contribution in [-0.2, 0) is 13.6 Å². The fourth-order valence-corrected chi connectivity index (χ4v) is 3.49. The highest BCUT2D eigenvalue weighted by molar-refractivity contribution is 6.37. The van der Waals surface area contributed by atoms with Gasteiger partial charge in [0, 0.05) is 28.9 Å². The van der Waals surface area contributed by atoms with Gasteiger partial charge in [0.25, 0.3) is 5.91 Å². The minimum Gasteiger partial charge on any atom is -0.314 e. The van der Waals surface area contributed by atoms with Crippen LogP contribution in [0, 0.1) is 25.2 Å². The van der Waals surface area contributed by atoms with Crippen LogP contribution in [0.1, 0.15) is 38.9 Å². The first-order valence-corrected chi connectivity index (χ1v) is 7.80. The molecule has 3 rings (SSSR count). The average molecular weight is 349 g/mol. The number of amides is 1. The molecule has 5 nitrogen and oxygen atoms in total. The van der Waals surface area contributed by atoms with Crippen molar-refractivity contribution in [2.24, 2.45) is 7.05 Å². The van der Waals surface area contributed by atoms with Crippen LogP contribution in [-0.4, -0.2) is 20.6 Å². The van der Waals surface area contributed by atoms with E-state index in [0.29, 0.717) is 27.7 Å². The molecule has 1 amide bonds. The van der Waals surface area contributed by atoms with E-state index >= 15 is 0 Å². The molecule has 2 aromatic rings. The summed E-state index contributed by atoms with van der Waals surface area (Å²) in [5.74, 6) is -0.276. The monoisotopic (exact) mass is 348 g/mol. The third-order valence-corrected chi connectivity index (χ3v) is 4.96. The van der Waals surface area contributed by atoms with Gasteiger partial charge in [-0.25, -0.2) is 0 Å². The topological polar surface area (TPSA) is 61.9 Å². The summed E-state index contributed by atoms with van der Waals surface area (Å²) in [7, 11) is 1.85. The van der Waals surface area contributed by atoms with E-state index in [9.17, 15) is 10.1 Å². The van der Waals surface area contributed by atoms with Crippen LogP contribution in [0.4, 0.5) is 0 Å². The zero-order valence-corrected chi connectivity index (χ0v) is 14.4. The molecule has 0 saturated heterocycles. The standard InChI is InChI=1S/C16H14Cl2N4O/c1-8-10(9(2)21(3)20-8)7-22-13(6-19)14-11(17)4-5-12(18)15(14)16(22)23/h4-5,13H,7H2,1-3H3. The molecule has 0 N–H and O–H groups in total. The quantitative estimate of drug-likeness (QED) is 0.833. The van der Waals surface area contributed by atoms with Gasteiger partial charge in [0.15, 0.2) is 0 Å². The van der Waals surface area contributed by atoms with Crippen molar-refractivity contribution < 1.29 is 4.79 Å². The average Bonchev–Trinajstić information content (AvgIpc) is 2.93. The second-order valence-electron chi connectivity index (χ2n) is 5.56. The van der Waals surface area contributed by atoms with Gasteiger partial charge in [0.05, 0.1) is 28.9 Å². The maximum atomic E-state index is 12.8. The van der Waals surface area contributed by atoms with Gasteiger partial charge in [-0.1, -0.05) is 23.2 Å². The molecular weight excluding hydrogens is 335 g/mol. The number of rotatable bonds is 2. The second kappa shape index (κ2) is 5.55. The van der Waals surface area contributed by atoms with Gasteiger partial charge in [0.2, 0.25) is 0 Å². The number of fused-ring (bicyclic) bond motifs is 1. The molecule has 118 valence electrons. The maximum Gasteiger partial charge on any atom is 0.257 e. The second-order valence-corrected chi connectivity index (χ2v) is 6.37. The summed E-state index contributed by atoms with van der Waals surface area (Å²) in [5, 5.41) is 14.6. The summed E-state index contributed by atoms with van der Waals surface area (Å²) in [6.07, 6.45) is 0. The van der Waals surface area contributed by atoms with Crippen LogP contribution in [0.5, 0.6) is 0 Å². The van der Waals surface area contributed by atoms with Crippen molar-refractivity contribution in [3.05, 3.63) is 50.3 Å². The number of halogens is 2. The van der Waals surface area contributed by atoms with Gasteiger partial charge < -0.3 is 4.90 Å². The number of benzene rings is 1. The van der Waals surface area contributed by atoms with Gasteiger partial charge >= 0.3 is 0 Å². The third kappa shape index (κ3) is 2.30. The van der Waals surface area contributed by atoms with Crippen LogP contribution < -0.4 is 0 Å². The number of aryl methyl sites for hydroxylation is 2. The van der Waals surface area contributed by atoms with Crippen molar-refractivity contribution in [3.63, 3.8) is 0 Å². The zero-order valence-electron chi connectivity index (χ0n) is 12.9. The number of carbonyl (C=O) groups excluding carboxylic acids is 1. The van der Waals surface area contributed by atoms with E-state index in [1.807, 2.05) is 20.9 Å². The fraction of sp³-hybridized carbons (Fsp3) is 0.312. The molecule has 0 radical (unpaired) electrons. The Morgan fingerprint density at radius 2 is 1.96 bits per heavy atom. The Hall–Kier alpha value is -2.03. The summed E-state index contributed by atoms with van der Waals surface area (Å²) in [6, 6.07) is 4.62. The van der Waals surface area contributed by atoms with Crippen LogP contribution in [0.2, 0.25) is 10.0 Å². The van der Waals surface area contributed by atoms with Crippen molar-refractivity contribution in [1.29, 1.82) is 5.26 Å². The lowest BCUT2D eigenvalue weighted by molar-refractivity contribution is 0.0744. The number of aromatic nitrogens is 2. The smallest absolute Gasteiger partial charge is 0.257 e. The molecule has 0 fully saturated rings. The highest BCUT2D eigenvalue weighted by Crippen LogP contribution is 2.42. The molecule has 0 saturated carbocycles. The van der Waals surface area contributed by atoms with Crippen LogP contribution in [0.25, 0.3) is 0 Å². The Morgan fingerprint density at radius 1 is 1.30 bits per heavy atom. The number of nitrogens with zero attached hydrogens (tertiary/aromatic N) is 4. The molecule has 1 unspecified atom stereocenters. The summed E-state index contributed by atoms with van der Waals surface area (Å²) < 4.78 is 1.76. The van der Waals surface area contributed by atoms with E-state index < -0.39 is 6.04 Å². The first kappa shape index (κ1) is 15.9. The van der Waals surface area contributed by atoms with Gasteiger partial charge in [-0.3, -0.25) is 9.48 Å². The Labute approximate surface area is 144 Å². The van der Waals surface area contributed by atoms with Gasteiger partial charge in [-0.05, 0) is 26.0 Å². The minimum absolute atomic E-state index is 0.276. The van der Waals surface area contributed by atoms with Gasteiger partial charge in [0.1, 0.15) is 6.04 Å². The molecule has 7 heteroatoms. The van der Waals surface area contributed by atoms with Crippen molar-refractivity contribution in [2.45, 2.75) is 26.4 Å². The Bertz CT molecular complexity index is 866. The predicted molar refractivity (Wildman–Crippen MR) is 87.4 cm³/mol. The van der Waals surface area contributed by atoms with Gasteiger partial charge in [-0.2, -0.15) is 10.4 Å². The number of hydrogen-bond acceptors (Lipinski definition) is 3. The molecule has 0 aliphatic carbocycles. The van der Waals surface area contributed by atoms with Crippen LogP contribution >= 0.6 is 23.2 Å². The Morgan fingerprint density at radius 3 is 2.52 bits per heavy atom. The zero-order chi connectivity index (χ0) is 16.9. The van der Waals surface area contributed by atoms with Crippen molar-refractivity contribution in [3.8, 4) is 6.07 Å². The maximum absolute atomic E-state index is 12.8. The van der Waals surface area contributed by atoms with E-state index in [0.717, 1.165) is 17.0 Å². The van der Waals surface area contributed by atoms with Gasteiger partial charge in [-0.15, -0.1) is 0 Å². The summed E-state index contributed by atoms with van der Waals surface area (Å²) >= 11 is 12.4. The molecular formula is C16H14Cl2N4O. The molecule has 1 atom stereocenters. The molecule has 23 heavy (non-hydrogen) atoms. The van der Waals surface area contributed by atoms with Crippen molar-refractivity contribution in [2.75, 3.05) is 0 Å². The first-order chi connectivity index (χ1) is 10.9. The lowest BCUT2D eigenvalue weighted by Gasteiger charge is -2.20. The van der Waals surface area contributed by atoms with Crippen molar-refractivity contribution in [1.82, 2.24) is 14.7 Å². The highest BCUT2D eigenvalue weighted by Gasteiger charge is 2.40. The molecule has 0 spiro atoms. The SMILES string of the molecule is Cc1nn(C)c(C)c1CN1C(=O)c2c(Cl)ccc(Cl)c2C1C#N. The van der Waals surface area contributed by atoms with Crippen LogP contribution in [0.3, 0.4) is 0 Å². The Balaban J connectivity index is 2.09. The number of nitriles is 1. The van der Waals surface area contributed by atoms with E-state index in [1.54, 1.807) is 16.8 Å². The van der Waals surface area contributed by atoms with Crippen molar-refractivity contribution >= 4 is 29.1 Å². The largest absolute Gasteiger partial charge is 0.314 e. The normalized spacial score (nSPS) is 16.6. The highest BCUT2D eigenvalue weighted by atomic mass is 35.5. The lowest BCUT2D eigenvalue weighted by Crippen LogP contribution is -2.27. The molecule has 1 aromatic carbocycles. The predicted octanol–water partition coefficient (Wildman–Crippen LogP) is 3.56. The molecule has 1 aliphatic rings. The Kier molecular flexibility index (Phi) is 3.83. The third-order valence-electron chi connectivity index (χ3n) is 4.31. The summed E-state index contributed by atoms with van der Waals surface area (Å²) in [6.45, 7) is 4.12. The number of hydrogen-bond donors (Lipinski definition) is 0. The fourth-order valence-electron chi connectivity index (χ4n) is 2.98. The first-order valence-electron chi connectivity index (χ1n) is 7.04. The molecule has 2 heterocycles. The van der Waals surface area contributed by atoms with E-state index in [4.69, 9.17) is 23.2 Å². The molecule has 1 aliphatic heterocycles. The number of carbonyl (C=O) groups is 1.